The minimum Gasteiger partial charge on any atom is -0.378 e. The van der Waals surface area contributed by atoms with Crippen molar-refractivity contribution >= 4 is 56.3 Å². The molecule has 3 heterocycles. The standard InChI is InChI=1S/C20H22Cl2N4O4S/c1-13-19(22)17(12-18(23-13)26-3-2-8-31(26,28)29)20(27)24-15-9-14(21)10-16(11-15)25-4-6-30-7-5-25/h9-12H,2-8H2,1H3,(H,24,27). The number of carbonyl (C=O) groups is 1. The summed E-state index contributed by atoms with van der Waals surface area (Å²) in [5, 5.41) is 3.48. The second kappa shape index (κ2) is 8.82. The van der Waals surface area contributed by atoms with Crippen LogP contribution in [0.3, 0.4) is 0 Å². The molecule has 0 atom stereocenters. The molecule has 2 saturated heterocycles. The second-order valence-electron chi connectivity index (χ2n) is 7.42. The normalized spacial score (nSPS) is 18.3. The van der Waals surface area contributed by atoms with Gasteiger partial charge in [0.25, 0.3) is 5.91 Å². The zero-order valence-electron chi connectivity index (χ0n) is 16.9. The van der Waals surface area contributed by atoms with Gasteiger partial charge in [-0.3, -0.25) is 9.10 Å². The summed E-state index contributed by atoms with van der Waals surface area (Å²) >= 11 is 12.6. The Balaban J connectivity index is 1.62. The van der Waals surface area contributed by atoms with Gasteiger partial charge in [0, 0.05) is 36.0 Å². The number of morpholine rings is 1. The maximum Gasteiger partial charge on any atom is 0.257 e. The first kappa shape index (κ1) is 22.1. The van der Waals surface area contributed by atoms with E-state index in [2.05, 4.69) is 15.2 Å². The van der Waals surface area contributed by atoms with Crippen LogP contribution < -0.4 is 14.5 Å². The molecule has 2 aliphatic rings. The smallest absolute Gasteiger partial charge is 0.257 e. The SMILES string of the molecule is Cc1nc(N2CCCS2(=O)=O)cc(C(=O)Nc2cc(Cl)cc(N3CCOCC3)c2)c1Cl. The van der Waals surface area contributed by atoms with Crippen LogP contribution in [-0.2, 0) is 14.8 Å². The molecule has 0 aliphatic carbocycles. The van der Waals surface area contributed by atoms with E-state index in [1.165, 1.54) is 10.4 Å². The van der Waals surface area contributed by atoms with Gasteiger partial charge in [-0.15, -0.1) is 0 Å². The number of anilines is 3. The van der Waals surface area contributed by atoms with Gasteiger partial charge in [0.05, 0.1) is 35.2 Å². The van der Waals surface area contributed by atoms with E-state index in [4.69, 9.17) is 27.9 Å². The number of hydrogen-bond acceptors (Lipinski definition) is 6. The van der Waals surface area contributed by atoms with Crippen LogP contribution in [0.1, 0.15) is 22.5 Å². The molecule has 4 rings (SSSR count). The van der Waals surface area contributed by atoms with Gasteiger partial charge in [-0.2, -0.15) is 0 Å². The van der Waals surface area contributed by atoms with Crippen molar-refractivity contribution in [2.45, 2.75) is 13.3 Å². The number of aromatic nitrogens is 1. The van der Waals surface area contributed by atoms with Gasteiger partial charge in [0.2, 0.25) is 10.0 Å². The molecule has 166 valence electrons. The maximum atomic E-state index is 13.0. The average molecular weight is 485 g/mol. The molecule has 1 N–H and O–H groups in total. The molecule has 0 saturated carbocycles. The Morgan fingerprint density at radius 3 is 2.55 bits per heavy atom. The van der Waals surface area contributed by atoms with Gasteiger partial charge >= 0.3 is 0 Å². The maximum absolute atomic E-state index is 13.0. The van der Waals surface area contributed by atoms with E-state index >= 15 is 0 Å². The number of carbonyl (C=O) groups excluding carboxylic acids is 1. The van der Waals surface area contributed by atoms with Gasteiger partial charge < -0.3 is 15.0 Å². The highest BCUT2D eigenvalue weighted by Crippen LogP contribution is 2.30. The fraction of sp³-hybridized carbons (Fsp3) is 0.400. The molecule has 1 aromatic heterocycles. The summed E-state index contributed by atoms with van der Waals surface area (Å²) in [7, 11) is -3.43. The molecule has 0 spiro atoms. The molecule has 0 bridgehead atoms. The molecule has 31 heavy (non-hydrogen) atoms. The zero-order chi connectivity index (χ0) is 22.2. The van der Waals surface area contributed by atoms with E-state index in [1.807, 2.05) is 12.1 Å². The summed E-state index contributed by atoms with van der Waals surface area (Å²) < 4.78 is 31.2. The Hall–Kier alpha value is -2.07. The van der Waals surface area contributed by atoms with Crippen LogP contribution >= 0.6 is 23.2 Å². The summed E-state index contributed by atoms with van der Waals surface area (Å²) in [5.74, 6) is -0.210. The Morgan fingerprint density at radius 1 is 1.13 bits per heavy atom. The largest absolute Gasteiger partial charge is 0.378 e. The highest BCUT2D eigenvalue weighted by atomic mass is 35.5. The zero-order valence-corrected chi connectivity index (χ0v) is 19.2. The molecule has 0 radical (unpaired) electrons. The van der Waals surface area contributed by atoms with Crippen LogP contribution in [0, 0.1) is 6.92 Å². The lowest BCUT2D eigenvalue weighted by Crippen LogP contribution is -2.36. The number of hydrogen-bond donors (Lipinski definition) is 1. The first-order valence-electron chi connectivity index (χ1n) is 9.87. The Bertz CT molecular complexity index is 1120. The first-order valence-corrected chi connectivity index (χ1v) is 12.2. The number of nitrogens with zero attached hydrogens (tertiary/aromatic N) is 3. The third-order valence-corrected chi connectivity index (χ3v) is 7.77. The molecule has 11 heteroatoms. The third-order valence-electron chi connectivity index (χ3n) is 5.23. The fourth-order valence-corrected chi connectivity index (χ4v) is 5.59. The average Bonchev–Trinajstić information content (AvgIpc) is 3.09. The topological polar surface area (TPSA) is 91.8 Å². The molecule has 8 nitrogen and oxygen atoms in total. The van der Waals surface area contributed by atoms with Gasteiger partial charge in [0.15, 0.2) is 0 Å². The van der Waals surface area contributed by atoms with Crippen LogP contribution in [0.25, 0.3) is 0 Å². The molecular weight excluding hydrogens is 463 g/mol. The van der Waals surface area contributed by atoms with E-state index in [1.54, 1.807) is 13.0 Å². The number of nitrogens with one attached hydrogen (secondary N) is 1. The molecule has 2 aromatic rings. The fourth-order valence-electron chi connectivity index (χ4n) is 3.68. The number of sulfonamides is 1. The molecule has 1 aromatic carbocycles. The number of rotatable bonds is 4. The third kappa shape index (κ3) is 4.74. The minimum atomic E-state index is -3.43. The van der Waals surface area contributed by atoms with Crippen molar-refractivity contribution in [3.63, 3.8) is 0 Å². The number of benzene rings is 1. The predicted molar refractivity (Wildman–Crippen MR) is 122 cm³/mol. The van der Waals surface area contributed by atoms with Crippen LogP contribution in [0.4, 0.5) is 17.2 Å². The van der Waals surface area contributed by atoms with Crippen molar-refractivity contribution in [1.82, 2.24) is 4.98 Å². The molecule has 0 unspecified atom stereocenters. The molecule has 2 fully saturated rings. The highest BCUT2D eigenvalue weighted by molar-refractivity contribution is 7.93. The van der Waals surface area contributed by atoms with E-state index < -0.39 is 15.9 Å². The van der Waals surface area contributed by atoms with Crippen LogP contribution in [0.5, 0.6) is 0 Å². The summed E-state index contributed by atoms with van der Waals surface area (Å²) in [6, 6.07) is 6.74. The Morgan fingerprint density at radius 2 is 1.87 bits per heavy atom. The van der Waals surface area contributed by atoms with Crippen molar-refractivity contribution in [1.29, 1.82) is 0 Å². The Kier molecular flexibility index (Phi) is 6.30. The predicted octanol–water partition coefficient (Wildman–Crippen LogP) is 3.33. The summed E-state index contributed by atoms with van der Waals surface area (Å²) in [5.41, 5.74) is 1.93. The molecule has 2 aliphatic heterocycles. The van der Waals surface area contributed by atoms with E-state index in [-0.39, 0.29) is 22.2 Å². The van der Waals surface area contributed by atoms with Crippen molar-refractivity contribution < 1.29 is 17.9 Å². The molecule has 1 amide bonds. The van der Waals surface area contributed by atoms with E-state index in [0.29, 0.717) is 42.6 Å². The number of amides is 1. The Labute approximate surface area is 191 Å². The van der Waals surface area contributed by atoms with Gasteiger partial charge in [-0.25, -0.2) is 13.4 Å². The van der Waals surface area contributed by atoms with Gasteiger partial charge in [-0.1, -0.05) is 23.2 Å². The van der Waals surface area contributed by atoms with Gasteiger partial charge in [-0.05, 0) is 37.6 Å². The van der Waals surface area contributed by atoms with E-state index in [0.717, 1.165) is 18.8 Å². The quantitative estimate of drug-likeness (QED) is 0.715. The lowest BCUT2D eigenvalue weighted by atomic mass is 10.2. The van der Waals surface area contributed by atoms with Crippen molar-refractivity contribution in [2.24, 2.45) is 0 Å². The number of halogens is 2. The van der Waals surface area contributed by atoms with Crippen LogP contribution in [0.2, 0.25) is 10.0 Å². The lowest BCUT2D eigenvalue weighted by Gasteiger charge is -2.29. The monoisotopic (exact) mass is 484 g/mol. The number of pyridine rings is 1. The van der Waals surface area contributed by atoms with Crippen LogP contribution in [-0.4, -0.2) is 57.9 Å². The van der Waals surface area contributed by atoms with E-state index in [9.17, 15) is 13.2 Å². The molecular formula is C20H22Cl2N4O4S. The first-order chi connectivity index (χ1) is 14.7. The second-order valence-corrected chi connectivity index (χ2v) is 10.2. The van der Waals surface area contributed by atoms with Crippen molar-refractivity contribution in [3.8, 4) is 0 Å². The summed E-state index contributed by atoms with van der Waals surface area (Å²) in [6.07, 6.45) is 0.514. The number of aryl methyl sites for hydroxylation is 1. The van der Waals surface area contributed by atoms with Crippen LogP contribution in [0.15, 0.2) is 24.3 Å². The van der Waals surface area contributed by atoms with Crippen molar-refractivity contribution in [3.05, 3.63) is 45.6 Å². The van der Waals surface area contributed by atoms with Gasteiger partial charge in [0.1, 0.15) is 5.82 Å². The number of ether oxygens (including phenoxy) is 1. The van der Waals surface area contributed by atoms with Crippen molar-refractivity contribution in [2.75, 3.05) is 53.1 Å². The highest BCUT2D eigenvalue weighted by Gasteiger charge is 2.31. The lowest BCUT2D eigenvalue weighted by molar-refractivity contribution is 0.102. The minimum absolute atomic E-state index is 0.0602. The summed E-state index contributed by atoms with van der Waals surface area (Å²) in [4.78, 5) is 19.5. The summed E-state index contributed by atoms with van der Waals surface area (Å²) in [6.45, 7) is 4.69.